The quantitative estimate of drug-likeness (QED) is 0.785. The third kappa shape index (κ3) is 1.57. The molecule has 1 unspecified atom stereocenters. The number of piperazine rings is 1. The number of nitrogens with zero attached hydrogens (tertiary/aromatic N) is 1. The van der Waals surface area contributed by atoms with Gasteiger partial charge in [0.15, 0.2) is 0 Å². The Bertz CT molecular complexity index is 447. The molecule has 1 aromatic carbocycles. The summed E-state index contributed by atoms with van der Waals surface area (Å²) in [6, 6.07) is 6.53. The van der Waals surface area contributed by atoms with E-state index in [1.54, 1.807) is 0 Å². The van der Waals surface area contributed by atoms with E-state index in [9.17, 15) is 4.79 Å². The third-order valence-corrected chi connectivity index (χ3v) is 3.83. The molecule has 0 radical (unpaired) electrons. The molecule has 2 aliphatic heterocycles. The van der Waals surface area contributed by atoms with Crippen LogP contribution in [0.3, 0.4) is 0 Å². The van der Waals surface area contributed by atoms with E-state index in [4.69, 9.17) is 0 Å². The number of halogens is 1. The number of nitrogens with one attached hydrogen (secondary N) is 1. The summed E-state index contributed by atoms with van der Waals surface area (Å²) in [7, 11) is 0. The predicted molar refractivity (Wildman–Crippen MR) is 66.6 cm³/mol. The van der Waals surface area contributed by atoms with Crippen LogP contribution in [-0.2, 0) is 11.2 Å². The Hall–Kier alpha value is -0.870. The van der Waals surface area contributed by atoms with Gasteiger partial charge >= 0.3 is 0 Å². The van der Waals surface area contributed by atoms with Gasteiger partial charge < -0.3 is 10.2 Å². The van der Waals surface area contributed by atoms with Crippen molar-refractivity contribution in [2.45, 2.75) is 18.9 Å². The van der Waals surface area contributed by atoms with E-state index in [0.717, 1.165) is 29.5 Å². The molecule has 0 aromatic heterocycles. The van der Waals surface area contributed by atoms with E-state index in [-0.39, 0.29) is 5.91 Å². The van der Waals surface area contributed by atoms with Gasteiger partial charge in [-0.2, -0.15) is 0 Å². The molecule has 84 valence electrons. The van der Waals surface area contributed by atoms with Gasteiger partial charge in [0, 0.05) is 22.7 Å². The lowest BCUT2D eigenvalue weighted by Gasteiger charge is -2.40. The first-order valence-electron chi connectivity index (χ1n) is 5.57. The topological polar surface area (TPSA) is 32.3 Å². The van der Waals surface area contributed by atoms with Gasteiger partial charge in [0.2, 0.25) is 5.91 Å². The zero-order valence-electron chi connectivity index (χ0n) is 8.87. The van der Waals surface area contributed by atoms with E-state index in [1.807, 2.05) is 11.0 Å². The fraction of sp³-hybridized carbons (Fsp3) is 0.417. The molecular formula is C12H13BrN2O. The van der Waals surface area contributed by atoms with Crippen molar-refractivity contribution in [1.82, 2.24) is 5.32 Å². The van der Waals surface area contributed by atoms with E-state index >= 15 is 0 Å². The van der Waals surface area contributed by atoms with Gasteiger partial charge in [-0.3, -0.25) is 4.79 Å². The summed E-state index contributed by atoms with van der Waals surface area (Å²) in [4.78, 5) is 13.9. The first kappa shape index (κ1) is 10.3. The summed E-state index contributed by atoms with van der Waals surface area (Å²) in [5, 5.41) is 3.18. The lowest BCUT2D eigenvalue weighted by atomic mass is 9.94. The number of anilines is 1. The van der Waals surface area contributed by atoms with Crippen LogP contribution >= 0.6 is 15.9 Å². The molecule has 0 saturated carbocycles. The highest BCUT2D eigenvalue weighted by Crippen LogP contribution is 2.33. The Kier molecular flexibility index (Phi) is 2.48. The molecule has 1 N–H and O–H groups in total. The standard InChI is InChI=1S/C12H13BrN2O/c13-9-2-4-11-8(5-9)1-3-10-6-14-7-12(16)15(10)11/h2,4-5,10,14H,1,3,6-7H2. The average molecular weight is 281 g/mol. The largest absolute Gasteiger partial charge is 0.307 e. The van der Waals surface area contributed by atoms with Crippen LogP contribution in [-0.4, -0.2) is 25.0 Å². The maximum Gasteiger partial charge on any atom is 0.241 e. The molecule has 1 atom stereocenters. The van der Waals surface area contributed by atoms with Gasteiger partial charge in [-0.15, -0.1) is 0 Å². The van der Waals surface area contributed by atoms with Crippen LogP contribution in [0.5, 0.6) is 0 Å². The molecule has 1 saturated heterocycles. The zero-order valence-corrected chi connectivity index (χ0v) is 10.5. The van der Waals surface area contributed by atoms with Gasteiger partial charge in [-0.1, -0.05) is 15.9 Å². The fourth-order valence-corrected chi connectivity index (χ4v) is 3.01. The molecule has 0 aliphatic carbocycles. The van der Waals surface area contributed by atoms with Crippen LogP contribution in [0.1, 0.15) is 12.0 Å². The Morgan fingerprint density at radius 3 is 3.19 bits per heavy atom. The van der Waals surface area contributed by atoms with Crippen molar-refractivity contribution in [3.8, 4) is 0 Å². The normalized spacial score (nSPS) is 23.9. The second-order valence-electron chi connectivity index (χ2n) is 4.36. The number of amides is 1. The van der Waals surface area contributed by atoms with E-state index in [0.29, 0.717) is 12.6 Å². The first-order chi connectivity index (χ1) is 7.75. The van der Waals surface area contributed by atoms with Crippen LogP contribution in [0.2, 0.25) is 0 Å². The minimum Gasteiger partial charge on any atom is -0.307 e. The summed E-state index contributed by atoms with van der Waals surface area (Å²) in [5.41, 5.74) is 2.38. The summed E-state index contributed by atoms with van der Waals surface area (Å²) in [6.07, 6.45) is 2.12. The van der Waals surface area contributed by atoms with Crippen LogP contribution in [0.15, 0.2) is 22.7 Å². The molecule has 2 aliphatic rings. The van der Waals surface area contributed by atoms with Crippen LogP contribution in [0, 0.1) is 0 Å². The summed E-state index contributed by atoms with van der Waals surface area (Å²) >= 11 is 3.48. The lowest BCUT2D eigenvalue weighted by Crippen LogP contribution is -2.56. The van der Waals surface area contributed by atoms with Crippen molar-refractivity contribution in [3.05, 3.63) is 28.2 Å². The Balaban J connectivity index is 2.06. The number of hydrogen-bond donors (Lipinski definition) is 1. The summed E-state index contributed by atoms with van der Waals surface area (Å²) in [5.74, 6) is 0.194. The third-order valence-electron chi connectivity index (χ3n) is 3.34. The average Bonchev–Trinajstić information content (AvgIpc) is 2.29. The molecule has 3 rings (SSSR count). The number of rotatable bonds is 0. The number of aryl methyl sites for hydroxylation is 1. The monoisotopic (exact) mass is 280 g/mol. The van der Waals surface area contributed by atoms with Crippen LogP contribution in [0.4, 0.5) is 5.69 Å². The fourth-order valence-electron chi connectivity index (χ4n) is 2.60. The van der Waals surface area contributed by atoms with Crippen LogP contribution < -0.4 is 10.2 Å². The Morgan fingerprint density at radius 1 is 1.44 bits per heavy atom. The van der Waals surface area contributed by atoms with Crippen molar-refractivity contribution >= 4 is 27.5 Å². The Labute approximate surface area is 103 Å². The van der Waals surface area contributed by atoms with E-state index in [1.165, 1.54) is 5.56 Å². The van der Waals surface area contributed by atoms with Gasteiger partial charge in [-0.05, 0) is 36.6 Å². The predicted octanol–water partition coefficient (Wildman–Crippen LogP) is 1.70. The molecule has 4 heteroatoms. The molecule has 0 spiro atoms. The summed E-state index contributed by atoms with van der Waals surface area (Å²) in [6.45, 7) is 1.38. The first-order valence-corrected chi connectivity index (χ1v) is 6.36. The number of fused-ring (bicyclic) bond motifs is 3. The maximum atomic E-state index is 11.9. The molecule has 2 heterocycles. The second-order valence-corrected chi connectivity index (χ2v) is 5.28. The second kappa shape index (κ2) is 3.86. The number of hydrogen-bond acceptors (Lipinski definition) is 2. The van der Waals surface area contributed by atoms with Crippen molar-refractivity contribution < 1.29 is 4.79 Å². The maximum absolute atomic E-state index is 11.9. The number of benzene rings is 1. The summed E-state index contributed by atoms with van der Waals surface area (Å²) < 4.78 is 1.09. The number of carbonyl (C=O) groups is 1. The van der Waals surface area contributed by atoms with Crippen molar-refractivity contribution in [2.75, 3.05) is 18.0 Å². The molecule has 0 bridgehead atoms. The van der Waals surface area contributed by atoms with Gasteiger partial charge in [0.05, 0.1) is 6.54 Å². The minimum atomic E-state index is 0.194. The minimum absolute atomic E-state index is 0.194. The van der Waals surface area contributed by atoms with Gasteiger partial charge in [-0.25, -0.2) is 0 Å². The van der Waals surface area contributed by atoms with Crippen molar-refractivity contribution in [1.29, 1.82) is 0 Å². The lowest BCUT2D eigenvalue weighted by molar-refractivity contribution is -0.119. The molecule has 16 heavy (non-hydrogen) atoms. The van der Waals surface area contributed by atoms with Gasteiger partial charge in [0.25, 0.3) is 0 Å². The highest BCUT2D eigenvalue weighted by molar-refractivity contribution is 9.10. The van der Waals surface area contributed by atoms with E-state index < -0.39 is 0 Å². The molecule has 1 amide bonds. The van der Waals surface area contributed by atoms with Gasteiger partial charge in [0.1, 0.15) is 0 Å². The van der Waals surface area contributed by atoms with Crippen molar-refractivity contribution in [2.24, 2.45) is 0 Å². The van der Waals surface area contributed by atoms with Crippen molar-refractivity contribution in [3.63, 3.8) is 0 Å². The SMILES string of the molecule is O=C1CNCC2CCc3cc(Br)ccc3N12. The molecule has 1 aromatic rings. The molecular weight excluding hydrogens is 268 g/mol. The Morgan fingerprint density at radius 2 is 2.31 bits per heavy atom. The number of carbonyl (C=O) groups excluding carboxylic acids is 1. The highest BCUT2D eigenvalue weighted by Gasteiger charge is 2.33. The highest BCUT2D eigenvalue weighted by atomic mass is 79.9. The van der Waals surface area contributed by atoms with Crippen LogP contribution in [0.25, 0.3) is 0 Å². The molecule has 1 fully saturated rings. The smallest absolute Gasteiger partial charge is 0.241 e. The van der Waals surface area contributed by atoms with E-state index in [2.05, 4.69) is 33.4 Å². The zero-order chi connectivity index (χ0) is 11.1. The molecule has 3 nitrogen and oxygen atoms in total.